The molecule has 0 saturated heterocycles. The van der Waals surface area contributed by atoms with Gasteiger partial charge in [-0.2, -0.15) is 0 Å². The maximum absolute atomic E-state index is 5.61. The van der Waals surface area contributed by atoms with Crippen LogP contribution in [-0.2, 0) is 0 Å². The molecule has 3 heteroatoms. The Kier molecular flexibility index (Phi) is 6.29. The summed E-state index contributed by atoms with van der Waals surface area (Å²) in [5.74, 6) is 1.60. The summed E-state index contributed by atoms with van der Waals surface area (Å²) in [7, 11) is 0. The molecule has 1 aromatic carbocycles. The molecule has 0 spiro atoms. The minimum Gasteiger partial charge on any atom is -0.490 e. The molecule has 0 radical (unpaired) electrons. The van der Waals surface area contributed by atoms with Crippen molar-refractivity contribution >= 4 is 5.57 Å². The molecule has 0 aliphatic carbocycles. The van der Waals surface area contributed by atoms with E-state index in [1.807, 2.05) is 26.0 Å². The van der Waals surface area contributed by atoms with Crippen molar-refractivity contribution in [1.29, 1.82) is 0 Å². The van der Waals surface area contributed by atoms with Gasteiger partial charge in [0.05, 0.1) is 13.2 Å². The molecule has 0 saturated carbocycles. The molecule has 0 atom stereocenters. The molecule has 1 rings (SSSR count). The zero-order valence-corrected chi connectivity index (χ0v) is 11.5. The highest BCUT2D eigenvalue weighted by atomic mass is 16.5. The number of hydrogen-bond donors (Lipinski definition) is 1. The normalized spacial score (nSPS) is 11.4. The van der Waals surface area contributed by atoms with E-state index in [0.717, 1.165) is 23.5 Å². The molecule has 0 unspecified atom stereocenters. The molecule has 0 amide bonds. The van der Waals surface area contributed by atoms with E-state index in [1.54, 1.807) is 0 Å². The van der Waals surface area contributed by atoms with Gasteiger partial charge in [0.2, 0.25) is 0 Å². The van der Waals surface area contributed by atoms with Crippen molar-refractivity contribution in [3.63, 3.8) is 0 Å². The first-order valence-corrected chi connectivity index (χ1v) is 6.49. The Balaban J connectivity index is 2.98. The molecular formula is C15H23NO2. The van der Waals surface area contributed by atoms with Gasteiger partial charge in [-0.15, -0.1) is 0 Å². The van der Waals surface area contributed by atoms with Gasteiger partial charge in [-0.25, -0.2) is 0 Å². The Labute approximate surface area is 110 Å². The fourth-order valence-corrected chi connectivity index (χ4v) is 1.71. The Hall–Kier alpha value is -1.48. The van der Waals surface area contributed by atoms with Gasteiger partial charge in [0.1, 0.15) is 0 Å². The lowest BCUT2D eigenvalue weighted by Gasteiger charge is -2.12. The molecule has 0 aliphatic rings. The molecule has 2 N–H and O–H groups in total. The van der Waals surface area contributed by atoms with Crippen LogP contribution in [0.1, 0.15) is 32.8 Å². The highest BCUT2D eigenvalue weighted by Crippen LogP contribution is 2.31. The van der Waals surface area contributed by atoms with Crippen LogP contribution in [0, 0.1) is 0 Å². The molecule has 0 bridgehead atoms. The van der Waals surface area contributed by atoms with Crippen LogP contribution in [0.3, 0.4) is 0 Å². The van der Waals surface area contributed by atoms with Gasteiger partial charge in [0.25, 0.3) is 0 Å². The van der Waals surface area contributed by atoms with E-state index in [9.17, 15) is 0 Å². The smallest absolute Gasteiger partial charge is 0.161 e. The monoisotopic (exact) mass is 249 g/mol. The van der Waals surface area contributed by atoms with Crippen LogP contribution < -0.4 is 15.2 Å². The van der Waals surface area contributed by atoms with Gasteiger partial charge in [0, 0.05) is 0 Å². The quantitative estimate of drug-likeness (QED) is 0.807. The summed E-state index contributed by atoms with van der Waals surface area (Å²) in [5, 5.41) is 0. The second-order valence-corrected chi connectivity index (χ2v) is 3.99. The first-order chi connectivity index (χ1) is 8.72. The summed E-state index contributed by atoms with van der Waals surface area (Å²) in [4.78, 5) is 0. The third kappa shape index (κ3) is 4.08. The average Bonchev–Trinajstić information content (AvgIpc) is 2.38. The van der Waals surface area contributed by atoms with Crippen LogP contribution in [0.25, 0.3) is 5.57 Å². The largest absolute Gasteiger partial charge is 0.490 e. The van der Waals surface area contributed by atoms with Crippen LogP contribution in [0.5, 0.6) is 11.5 Å². The summed E-state index contributed by atoms with van der Waals surface area (Å²) < 4.78 is 11.1. The zero-order chi connectivity index (χ0) is 13.4. The first-order valence-electron chi connectivity index (χ1n) is 6.49. The van der Waals surface area contributed by atoms with E-state index >= 15 is 0 Å². The SMILES string of the molecule is CCOc1ccc(C(C)=CCCN)cc1OCC. The summed E-state index contributed by atoms with van der Waals surface area (Å²) in [6.45, 7) is 7.97. The summed E-state index contributed by atoms with van der Waals surface area (Å²) >= 11 is 0. The van der Waals surface area contributed by atoms with Crippen LogP contribution in [-0.4, -0.2) is 19.8 Å². The summed E-state index contributed by atoms with van der Waals surface area (Å²) in [5.41, 5.74) is 7.87. The van der Waals surface area contributed by atoms with Gasteiger partial charge >= 0.3 is 0 Å². The lowest BCUT2D eigenvalue weighted by atomic mass is 10.1. The number of hydrogen-bond acceptors (Lipinski definition) is 3. The van der Waals surface area contributed by atoms with E-state index < -0.39 is 0 Å². The van der Waals surface area contributed by atoms with Crippen molar-refractivity contribution < 1.29 is 9.47 Å². The van der Waals surface area contributed by atoms with E-state index in [2.05, 4.69) is 19.1 Å². The Morgan fingerprint density at radius 2 is 1.83 bits per heavy atom. The van der Waals surface area contributed by atoms with Crippen LogP contribution in [0.15, 0.2) is 24.3 Å². The summed E-state index contributed by atoms with van der Waals surface area (Å²) in [6.07, 6.45) is 3.04. The van der Waals surface area contributed by atoms with Crippen molar-refractivity contribution in [2.45, 2.75) is 27.2 Å². The van der Waals surface area contributed by atoms with E-state index in [-0.39, 0.29) is 0 Å². The molecule has 1 aromatic rings. The number of benzene rings is 1. The highest BCUT2D eigenvalue weighted by Gasteiger charge is 2.06. The van der Waals surface area contributed by atoms with Crippen LogP contribution in [0.2, 0.25) is 0 Å². The maximum atomic E-state index is 5.61. The number of allylic oxidation sites excluding steroid dienone is 1. The van der Waals surface area contributed by atoms with Gasteiger partial charge < -0.3 is 15.2 Å². The fourth-order valence-electron chi connectivity index (χ4n) is 1.71. The van der Waals surface area contributed by atoms with Crippen molar-refractivity contribution in [2.75, 3.05) is 19.8 Å². The molecule has 0 aromatic heterocycles. The Bertz CT molecular complexity index is 399. The third-order valence-electron chi connectivity index (χ3n) is 2.62. The lowest BCUT2D eigenvalue weighted by Crippen LogP contribution is -1.99. The predicted octanol–water partition coefficient (Wildman–Crippen LogP) is 3.24. The van der Waals surface area contributed by atoms with Crippen molar-refractivity contribution in [1.82, 2.24) is 0 Å². The van der Waals surface area contributed by atoms with Crippen molar-refractivity contribution in [3.05, 3.63) is 29.8 Å². The second kappa shape index (κ2) is 7.77. The van der Waals surface area contributed by atoms with E-state index in [1.165, 1.54) is 5.57 Å². The lowest BCUT2D eigenvalue weighted by molar-refractivity contribution is 0.287. The third-order valence-corrected chi connectivity index (χ3v) is 2.62. The Morgan fingerprint density at radius 3 is 2.44 bits per heavy atom. The number of ether oxygens (including phenoxy) is 2. The minimum atomic E-state index is 0.634. The Morgan fingerprint density at radius 1 is 1.17 bits per heavy atom. The maximum Gasteiger partial charge on any atom is 0.161 e. The van der Waals surface area contributed by atoms with Gasteiger partial charge in [-0.3, -0.25) is 0 Å². The second-order valence-electron chi connectivity index (χ2n) is 3.99. The molecule has 0 heterocycles. The standard InChI is InChI=1S/C15H23NO2/c1-4-17-14-9-8-13(11-15(14)18-5-2)12(3)7-6-10-16/h7-9,11H,4-6,10,16H2,1-3H3. The highest BCUT2D eigenvalue weighted by molar-refractivity contribution is 5.66. The molecule has 0 fully saturated rings. The topological polar surface area (TPSA) is 44.5 Å². The van der Waals surface area contributed by atoms with Gasteiger partial charge in [-0.05, 0) is 57.0 Å². The number of nitrogens with two attached hydrogens (primary N) is 1. The van der Waals surface area contributed by atoms with Crippen molar-refractivity contribution in [3.8, 4) is 11.5 Å². The van der Waals surface area contributed by atoms with Crippen LogP contribution in [0.4, 0.5) is 0 Å². The molecular weight excluding hydrogens is 226 g/mol. The van der Waals surface area contributed by atoms with Gasteiger partial charge in [0.15, 0.2) is 11.5 Å². The molecule has 18 heavy (non-hydrogen) atoms. The van der Waals surface area contributed by atoms with Crippen molar-refractivity contribution in [2.24, 2.45) is 5.73 Å². The molecule has 0 aliphatic heterocycles. The van der Waals surface area contributed by atoms with E-state index in [4.69, 9.17) is 15.2 Å². The first kappa shape index (κ1) is 14.6. The molecule has 3 nitrogen and oxygen atoms in total. The van der Waals surface area contributed by atoms with Crippen LogP contribution >= 0.6 is 0 Å². The summed E-state index contributed by atoms with van der Waals surface area (Å²) in [6, 6.07) is 6.04. The zero-order valence-electron chi connectivity index (χ0n) is 11.5. The molecule has 100 valence electrons. The predicted molar refractivity (Wildman–Crippen MR) is 76.1 cm³/mol. The fraction of sp³-hybridized carbons (Fsp3) is 0.467. The van der Waals surface area contributed by atoms with Gasteiger partial charge in [-0.1, -0.05) is 12.1 Å². The van der Waals surface area contributed by atoms with E-state index in [0.29, 0.717) is 19.8 Å². The minimum absolute atomic E-state index is 0.634. The number of rotatable bonds is 7. The average molecular weight is 249 g/mol.